The molecule has 0 aliphatic carbocycles. The van der Waals surface area contributed by atoms with Gasteiger partial charge in [0.2, 0.25) is 0 Å². The van der Waals surface area contributed by atoms with E-state index in [4.69, 9.17) is 4.74 Å². The van der Waals surface area contributed by atoms with Crippen LogP contribution in [0.3, 0.4) is 0 Å². The van der Waals surface area contributed by atoms with Crippen LogP contribution in [0.5, 0.6) is 0 Å². The minimum atomic E-state index is -0.522. The van der Waals surface area contributed by atoms with Crippen molar-refractivity contribution in [1.82, 2.24) is 15.3 Å². The number of carbonyl (C=O) groups excluding carboxylic acids is 1. The van der Waals surface area contributed by atoms with Gasteiger partial charge in [-0.15, -0.1) is 0 Å². The van der Waals surface area contributed by atoms with Gasteiger partial charge in [-0.05, 0) is 46.2 Å². The molecule has 1 unspecified atom stereocenters. The largest absolute Gasteiger partial charge is 0.444 e. The quantitative estimate of drug-likeness (QED) is 0.875. The molecule has 0 aliphatic rings. The number of hydrogen-bond donors (Lipinski definition) is 2. The van der Waals surface area contributed by atoms with Crippen LogP contribution in [0.4, 0.5) is 15.0 Å². The highest BCUT2D eigenvalue weighted by molar-refractivity contribution is 5.89. The van der Waals surface area contributed by atoms with E-state index in [1.165, 1.54) is 12.4 Å². The number of amides is 1. The maximum atomic E-state index is 13.7. The van der Waals surface area contributed by atoms with Crippen molar-refractivity contribution in [3.8, 4) is 0 Å². The Bertz CT molecular complexity index is 715. The van der Waals surface area contributed by atoms with Crippen molar-refractivity contribution in [2.75, 3.05) is 11.9 Å². The Kier molecular flexibility index (Phi) is 5.54. The van der Waals surface area contributed by atoms with Crippen LogP contribution in [0.25, 0.3) is 10.9 Å². The van der Waals surface area contributed by atoms with Crippen molar-refractivity contribution < 1.29 is 13.9 Å². The summed E-state index contributed by atoms with van der Waals surface area (Å²) in [6.07, 6.45) is 1.56. The standard InChI is InChI=1S/C17H23FN4O2/c1-11(22-16(23)24-17(2,3)4)8-9-19-15-12-6-5-7-13(18)14(12)20-10-21-15/h5-7,10-11H,8-9H2,1-4H3,(H,22,23)(H,19,20,21). The van der Waals surface area contributed by atoms with Gasteiger partial charge in [-0.25, -0.2) is 19.2 Å². The van der Waals surface area contributed by atoms with Gasteiger partial charge < -0.3 is 15.4 Å². The van der Waals surface area contributed by atoms with Crippen molar-refractivity contribution in [1.29, 1.82) is 0 Å². The molecule has 0 aliphatic heterocycles. The Morgan fingerprint density at radius 3 is 2.79 bits per heavy atom. The molecule has 0 saturated heterocycles. The smallest absolute Gasteiger partial charge is 0.407 e. The third-order valence-corrected chi connectivity index (χ3v) is 3.25. The first-order chi connectivity index (χ1) is 11.3. The number of ether oxygens (including phenoxy) is 1. The first-order valence-corrected chi connectivity index (χ1v) is 7.89. The second-order valence-electron chi connectivity index (χ2n) is 6.62. The van der Waals surface area contributed by atoms with E-state index in [9.17, 15) is 9.18 Å². The van der Waals surface area contributed by atoms with Crippen molar-refractivity contribution in [2.24, 2.45) is 0 Å². The van der Waals surface area contributed by atoms with Crippen LogP contribution < -0.4 is 10.6 Å². The summed E-state index contributed by atoms with van der Waals surface area (Å²) in [6.45, 7) is 7.91. The zero-order valence-corrected chi connectivity index (χ0v) is 14.4. The van der Waals surface area contributed by atoms with Crippen LogP contribution in [-0.4, -0.2) is 34.2 Å². The van der Waals surface area contributed by atoms with E-state index in [1.54, 1.807) is 12.1 Å². The number of nitrogens with zero attached hydrogens (tertiary/aromatic N) is 2. The number of carbonyl (C=O) groups is 1. The number of rotatable bonds is 5. The lowest BCUT2D eigenvalue weighted by Crippen LogP contribution is -2.38. The normalized spacial score (nSPS) is 12.7. The molecule has 24 heavy (non-hydrogen) atoms. The number of fused-ring (bicyclic) bond motifs is 1. The highest BCUT2D eigenvalue weighted by Gasteiger charge is 2.17. The van der Waals surface area contributed by atoms with Gasteiger partial charge in [-0.2, -0.15) is 0 Å². The summed E-state index contributed by atoms with van der Waals surface area (Å²) >= 11 is 0. The Balaban J connectivity index is 1.88. The average molecular weight is 334 g/mol. The predicted molar refractivity (Wildman–Crippen MR) is 91.4 cm³/mol. The first-order valence-electron chi connectivity index (χ1n) is 7.89. The van der Waals surface area contributed by atoms with E-state index >= 15 is 0 Å². The molecule has 1 amide bonds. The van der Waals surface area contributed by atoms with Gasteiger partial charge in [0.25, 0.3) is 0 Å². The molecule has 7 heteroatoms. The minimum absolute atomic E-state index is 0.0720. The fourth-order valence-electron chi connectivity index (χ4n) is 2.18. The summed E-state index contributed by atoms with van der Waals surface area (Å²) in [5, 5.41) is 6.56. The number of hydrogen-bond acceptors (Lipinski definition) is 5. The predicted octanol–water partition coefficient (Wildman–Crippen LogP) is 3.48. The summed E-state index contributed by atoms with van der Waals surface area (Å²) in [5.41, 5.74) is -0.235. The summed E-state index contributed by atoms with van der Waals surface area (Å²) in [6, 6.07) is 4.69. The molecule has 2 rings (SSSR count). The molecule has 0 radical (unpaired) electrons. The number of para-hydroxylation sites is 1. The molecular formula is C17H23FN4O2. The Morgan fingerprint density at radius 2 is 2.08 bits per heavy atom. The van der Waals surface area contributed by atoms with Gasteiger partial charge in [0, 0.05) is 18.0 Å². The van der Waals surface area contributed by atoms with Crippen LogP contribution in [0.2, 0.25) is 0 Å². The molecule has 130 valence electrons. The molecule has 1 aromatic carbocycles. The minimum Gasteiger partial charge on any atom is -0.444 e. The Hall–Kier alpha value is -2.44. The van der Waals surface area contributed by atoms with E-state index in [1.807, 2.05) is 27.7 Å². The molecule has 1 aromatic heterocycles. The fourth-order valence-corrected chi connectivity index (χ4v) is 2.18. The Morgan fingerprint density at radius 1 is 1.33 bits per heavy atom. The second-order valence-corrected chi connectivity index (χ2v) is 6.62. The van der Waals surface area contributed by atoms with Gasteiger partial charge in [0.15, 0.2) is 0 Å². The molecule has 1 atom stereocenters. The highest BCUT2D eigenvalue weighted by Crippen LogP contribution is 2.21. The average Bonchev–Trinajstić information content (AvgIpc) is 2.46. The van der Waals surface area contributed by atoms with Crippen molar-refractivity contribution in [3.63, 3.8) is 0 Å². The highest BCUT2D eigenvalue weighted by atomic mass is 19.1. The van der Waals surface area contributed by atoms with Crippen LogP contribution >= 0.6 is 0 Å². The van der Waals surface area contributed by atoms with Gasteiger partial charge >= 0.3 is 6.09 Å². The van der Waals surface area contributed by atoms with Crippen molar-refractivity contribution in [3.05, 3.63) is 30.3 Å². The zero-order valence-electron chi connectivity index (χ0n) is 14.4. The van der Waals surface area contributed by atoms with E-state index in [0.29, 0.717) is 24.2 Å². The van der Waals surface area contributed by atoms with Crippen molar-refractivity contribution in [2.45, 2.75) is 45.8 Å². The number of nitrogens with one attached hydrogen (secondary N) is 2. The monoisotopic (exact) mass is 334 g/mol. The fraction of sp³-hybridized carbons (Fsp3) is 0.471. The summed E-state index contributed by atoms with van der Waals surface area (Å²) in [5.74, 6) is 0.196. The maximum absolute atomic E-state index is 13.7. The second kappa shape index (κ2) is 7.42. The van der Waals surface area contributed by atoms with Crippen LogP contribution in [0.15, 0.2) is 24.5 Å². The van der Waals surface area contributed by atoms with Crippen LogP contribution in [0, 0.1) is 5.82 Å². The maximum Gasteiger partial charge on any atom is 0.407 e. The number of aromatic nitrogens is 2. The van der Waals surface area contributed by atoms with Gasteiger partial charge in [0.1, 0.15) is 29.1 Å². The molecule has 0 fully saturated rings. The Labute approximate surface area is 140 Å². The number of alkyl carbamates (subject to hydrolysis) is 1. The molecule has 2 aromatic rings. The van der Waals surface area contributed by atoms with Gasteiger partial charge in [0.05, 0.1) is 0 Å². The molecule has 6 nitrogen and oxygen atoms in total. The van der Waals surface area contributed by atoms with Gasteiger partial charge in [-0.1, -0.05) is 6.07 Å². The van der Waals surface area contributed by atoms with Gasteiger partial charge in [-0.3, -0.25) is 0 Å². The van der Waals surface area contributed by atoms with Crippen molar-refractivity contribution >= 4 is 22.8 Å². The lowest BCUT2D eigenvalue weighted by Gasteiger charge is -2.22. The third kappa shape index (κ3) is 5.04. The number of halogens is 1. The lowest BCUT2D eigenvalue weighted by molar-refractivity contribution is 0.0507. The van der Waals surface area contributed by atoms with Crippen LogP contribution in [0.1, 0.15) is 34.1 Å². The summed E-state index contributed by atoms with van der Waals surface area (Å²) in [4.78, 5) is 19.8. The van der Waals surface area contributed by atoms with Crippen LogP contribution in [-0.2, 0) is 4.74 Å². The molecular weight excluding hydrogens is 311 g/mol. The topological polar surface area (TPSA) is 76.1 Å². The number of benzene rings is 1. The van der Waals surface area contributed by atoms with E-state index < -0.39 is 11.7 Å². The summed E-state index contributed by atoms with van der Waals surface area (Å²) in [7, 11) is 0. The molecule has 0 bridgehead atoms. The van der Waals surface area contributed by atoms with E-state index in [2.05, 4.69) is 20.6 Å². The molecule has 2 N–H and O–H groups in total. The summed E-state index contributed by atoms with van der Waals surface area (Å²) < 4.78 is 18.9. The lowest BCUT2D eigenvalue weighted by atomic mass is 10.2. The van der Waals surface area contributed by atoms with E-state index in [0.717, 1.165) is 0 Å². The molecule has 1 heterocycles. The molecule has 0 saturated carbocycles. The van der Waals surface area contributed by atoms with E-state index in [-0.39, 0.29) is 17.4 Å². The third-order valence-electron chi connectivity index (χ3n) is 3.25. The zero-order chi connectivity index (χ0) is 17.7. The molecule has 0 spiro atoms. The first kappa shape index (κ1) is 17.9. The SMILES string of the molecule is CC(CCNc1ncnc2c(F)cccc12)NC(=O)OC(C)(C)C. The number of anilines is 1.